The van der Waals surface area contributed by atoms with Crippen molar-refractivity contribution in [3.8, 4) is 11.4 Å². The Morgan fingerprint density at radius 1 is 1.29 bits per heavy atom. The number of likely N-dealkylation sites (tertiary alicyclic amines) is 1. The Morgan fingerprint density at radius 3 is 2.75 bits per heavy atom. The van der Waals surface area contributed by atoms with Crippen LogP contribution >= 0.6 is 11.8 Å². The van der Waals surface area contributed by atoms with Crippen LogP contribution in [0.1, 0.15) is 12.8 Å². The van der Waals surface area contributed by atoms with E-state index in [2.05, 4.69) is 16.8 Å². The lowest BCUT2D eigenvalue weighted by molar-refractivity contribution is -0.127. The lowest BCUT2D eigenvalue weighted by Crippen LogP contribution is -2.29. The summed E-state index contributed by atoms with van der Waals surface area (Å²) in [5.41, 5.74) is 0.393. The maximum atomic E-state index is 14.0. The molecule has 0 spiro atoms. The first-order chi connectivity index (χ1) is 11.7. The van der Waals surface area contributed by atoms with Crippen LogP contribution in [0.25, 0.3) is 11.4 Å². The van der Waals surface area contributed by atoms with Gasteiger partial charge in [-0.25, -0.2) is 4.39 Å². The summed E-state index contributed by atoms with van der Waals surface area (Å²) in [5, 5.41) is 8.86. The van der Waals surface area contributed by atoms with Gasteiger partial charge < -0.3 is 4.90 Å². The van der Waals surface area contributed by atoms with Crippen molar-refractivity contribution >= 4 is 17.7 Å². The Balaban J connectivity index is 1.79. The molecule has 0 unspecified atom stereocenters. The van der Waals surface area contributed by atoms with Crippen LogP contribution in [0.5, 0.6) is 0 Å². The zero-order chi connectivity index (χ0) is 16.9. The predicted molar refractivity (Wildman–Crippen MR) is 92.2 cm³/mol. The second-order valence-electron chi connectivity index (χ2n) is 5.56. The van der Waals surface area contributed by atoms with Gasteiger partial charge in [-0.05, 0) is 25.0 Å². The molecule has 1 amide bonds. The fourth-order valence-corrected chi connectivity index (χ4v) is 3.57. The van der Waals surface area contributed by atoms with Gasteiger partial charge in [-0.1, -0.05) is 30.0 Å². The molecule has 1 aliphatic heterocycles. The molecule has 126 valence electrons. The molecule has 7 heteroatoms. The van der Waals surface area contributed by atoms with Gasteiger partial charge in [0.15, 0.2) is 11.0 Å². The molecule has 1 aromatic carbocycles. The summed E-state index contributed by atoms with van der Waals surface area (Å²) in [6, 6.07) is 6.46. The highest BCUT2D eigenvalue weighted by Gasteiger charge is 2.21. The number of nitrogens with zero attached hydrogens (tertiary/aromatic N) is 4. The van der Waals surface area contributed by atoms with Gasteiger partial charge in [0.05, 0.1) is 11.3 Å². The van der Waals surface area contributed by atoms with E-state index in [1.807, 2.05) is 4.90 Å². The van der Waals surface area contributed by atoms with Gasteiger partial charge in [0, 0.05) is 19.6 Å². The number of amides is 1. The molecule has 2 aromatic rings. The van der Waals surface area contributed by atoms with E-state index in [-0.39, 0.29) is 11.7 Å². The molecule has 1 aromatic heterocycles. The van der Waals surface area contributed by atoms with Crippen LogP contribution in [0.2, 0.25) is 0 Å². The van der Waals surface area contributed by atoms with Crippen molar-refractivity contribution in [2.75, 3.05) is 18.8 Å². The molecule has 24 heavy (non-hydrogen) atoms. The second-order valence-corrected chi connectivity index (χ2v) is 6.50. The van der Waals surface area contributed by atoms with Crippen LogP contribution in [0.4, 0.5) is 4.39 Å². The van der Waals surface area contributed by atoms with Crippen LogP contribution in [-0.4, -0.2) is 44.4 Å². The summed E-state index contributed by atoms with van der Waals surface area (Å²) in [4.78, 5) is 14.1. The summed E-state index contributed by atoms with van der Waals surface area (Å²) in [7, 11) is 0. The average molecular weight is 346 g/mol. The van der Waals surface area contributed by atoms with Gasteiger partial charge in [-0.15, -0.1) is 16.8 Å². The van der Waals surface area contributed by atoms with Crippen LogP contribution in [0, 0.1) is 5.82 Å². The summed E-state index contributed by atoms with van der Waals surface area (Å²) in [6.45, 7) is 5.86. The zero-order valence-corrected chi connectivity index (χ0v) is 14.1. The third-order valence-corrected chi connectivity index (χ3v) is 4.88. The SMILES string of the molecule is C=CCn1c(SCC(=O)N2CCCC2)nnc1-c1ccccc1F. The molecule has 5 nitrogen and oxygen atoms in total. The summed E-state index contributed by atoms with van der Waals surface area (Å²) in [6.07, 6.45) is 3.85. The third kappa shape index (κ3) is 3.51. The molecule has 0 aliphatic carbocycles. The van der Waals surface area contributed by atoms with Crippen molar-refractivity contribution in [2.45, 2.75) is 24.5 Å². The molecular weight excluding hydrogens is 327 g/mol. The van der Waals surface area contributed by atoms with Gasteiger partial charge in [0.25, 0.3) is 0 Å². The zero-order valence-electron chi connectivity index (χ0n) is 13.3. The molecular formula is C17H19FN4OS. The maximum Gasteiger partial charge on any atom is 0.233 e. The molecule has 0 radical (unpaired) electrons. The molecule has 0 atom stereocenters. The van der Waals surface area contributed by atoms with E-state index in [4.69, 9.17) is 0 Å². The van der Waals surface area contributed by atoms with Gasteiger partial charge in [-0.2, -0.15) is 0 Å². The van der Waals surface area contributed by atoms with E-state index in [0.29, 0.717) is 28.8 Å². The number of carbonyl (C=O) groups is 1. The summed E-state index contributed by atoms with van der Waals surface area (Å²) < 4.78 is 15.8. The lowest BCUT2D eigenvalue weighted by atomic mass is 10.2. The fraction of sp³-hybridized carbons (Fsp3) is 0.353. The number of benzene rings is 1. The fourth-order valence-electron chi connectivity index (χ4n) is 2.72. The quantitative estimate of drug-likeness (QED) is 0.596. The molecule has 1 saturated heterocycles. The topological polar surface area (TPSA) is 51.0 Å². The van der Waals surface area contributed by atoms with Crippen molar-refractivity contribution in [3.05, 3.63) is 42.7 Å². The van der Waals surface area contributed by atoms with Gasteiger partial charge in [0.2, 0.25) is 5.91 Å². The number of carbonyl (C=O) groups excluding carboxylic acids is 1. The lowest BCUT2D eigenvalue weighted by Gasteiger charge is -2.14. The standard InChI is InChI=1S/C17H19FN4OS/c1-2-9-22-16(13-7-3-4-8-14(13)18)19-20-17(22)24-12-15(23)21-10-5-6-11-21/h2-4,7-8H,1,5-6,9-12H2. The highest BCUT2D eigenvalue weighted by molar-refractivity contribution is 7.99. The Bertz CT molecular complexity index is 740. The number of thioether (sulfide) groups is 1. The van der Waals surface area contributed by atoms with E-state index in [1.165, 1.54) is 17.8 Å². The molecule has 1 aliphatic rings. The number of hydrogen-bond donors (Lipinski definition) is 0. The summed E-state index contributed by atoms with van der Waals surface area (Å²) in [5.74, 6) is 0.522. The van der Waals surface area contributed by atoms with Crippen molar-refractivity contribution in [2.24, 2.45) is 0 Å². The van der Waals surface area contributed by atoms with Crippen LogP contribution in [-0.2, 0) is 11.3 Å². The number of hydrogen-bond acceptors (Lipinski definition) is 4. The second kappa shape index (κ2) is 7.61. The first-order valence-corrected chi connectivity index (χ1v) is 8.89. The Hall–Kier alpha value is -2.15. The van der Waals surface area contributed by atoms with E-state index >= 15 is 0 Å². The largest absolute Gasteiger partial charge is 0.342 e. The van der Waals surface area contributed by atoms with Crippen molar-refractivity contribution in [1.29, 1.82) is 0 Å². The van der Waals surface area contributed by atoms with Gasteiger partial charge in [-0.3, -0.25) is 9.36 Å². The smallest absolute Gasteiger partial charge is 0.233 e. The maximum absolute atomic E-state index is 14.0. The molecule has 0 N–H and O–H groups in total. The predicted octanol–water partition coefficient (Wildman–Crippen LogP) is 2.98. The van der Waals surface area contributed by atoms with E-state index < -0.39 is 0 Å². The summed E-state index contributed by atoms with van der Waals surface area (Å²) >= 11 is 1.33. The minimum Gasteiger partial charge on any atom is -0.342 e. The molecule has 1 fully saturated rings. The van der Waals surface area contributed by atoms with Crippen molar-refractivity contribution in [1.82, 2.24) is 19.7 Å². The van der Waals surface area contributed by atoms with Gasteiger partial charge >= 0.3 is 0 Å². The highest BCUT2D eigenvalue weighted by atomic mass is 32.2. The Morgan fingerprint density at radius 2 is 2.04 bits per heavy atom. The molecule has 0 bridgehead atoms. The van der Waals surface area contributed by atoms with Crippen LogP contribution in [0.15, 0.2) is 42.1 Å². The van der Waals surface area contributed by atoms with Gasteiger partial charge in [0.1, 0.15) is 5.82 Å². The van der Waals surface area contributed by atoms with E-state index in [9.17, 15) is 9.18 Å². The minimum absolute atomic E-state index is 0.109. The molecule has 3 rings (SSSR count). The van der Waals surface area contributed by atoms with E-state index in [0.717, 1.165) is 25.9 Å². The number of aromatic nitrogens is 3. The van der Waals surface area contributed by atoms with Crippen LogP contribution in [0.3, 0.4) is 0 Å². The van der Waals surface area contributed by atoms with Crippen LogP contribution < -0.4 is 0 Å². The first-order valence-electron chi connectivity index (χ1n) is 7.90. The minimum atomic E-state index is -0.347. The Labute approximate surface area is 144 Å². The number of allylic oxidation sites excluding steroid dienone is 1. The molecule has 0 saturated carbocycles. The molecule has 2 heterocycles. The monoisotopic (exact) mass is 346 g/mol. The van der Waals surface area contributed by atoms with E-state index in [1.54, 1.807) is 28.8 Å². The Kier molecular flexibility index (Phi) is 5.30. The highest BCUT2D eigenvalue weighted by Crippen LogP contribution is 2.26. The number of halogens is 1. The number of rotatable bonds is 6. The normalized spacial score (nSPS) is 14.1. The first kappa shape index (κ1) is 16.7. The third-order valence-electron chi connectivity index (χ3n) is 3.93. The van der Waals surface area contributed by atoms with Crippen molar-refractivity contribution in [3.63, 3.8) is 0 Å². The van der Waals surface area contributed by atoms with Crippen molar-refractivity contribution < 1.29 is 9.18 Å². The average Bonchev–Trinajstić information content (AvgIpc) is 3.24.